The Balaban J connectivity index is 1.71. The molecule has 1 unspecified atom stereocenters. The second-order valence-corrected chi connectivity index (χ2v) is 7.35. The SMILES string of the molecule is COC[C@H](c1ccccc1)N1[C@H](c2nc(C)cs2)[C@@H]1c1ccccc1. The lowest BCUT2D eigenvalue weighted by molar-refractivity contribution is 0.135. The minimum absolute atomic E-state index is 0.227. The molecule has 0 amide bonds. The number of benzene rings is 2. The average Bonchev–Trinajstić information content (AvgIpc) is 3.25. The number of hydrogen-bond acceptors (Lipinski definition) is 4. The maximum absolute atomic E-state index is 5.57. The summed E-state index contributed by atoms with van der Waals surface area (Å²) in [6.07, 6.45) is 0. The van der Waals surface area contributed by atoms with E-state index >= 15 is 0 Å². The number of aryl methyl sites for hydroxylation is 1. The lowest BCUT2D eigenvalue weighted by Crippen LogP contribution is -2.16. The van der Waals surface area contributed by atoms with E-state index in [1.807, 2.05) is 0 Å². The smallest absolute Gasteiger partial charge is 0.112 e. The zero-order valence-corrected chi connectivity index (χ0v) is 15.3. The highest BCUT2D eigenvalue weighted by Crippen LogP contribution is 2.59. The monoisotopic (exact) mass is 350 g/mol. The number of nitrogens with zero attached hydrogens (tertiary/aromatic N) is 2. The Labute approximate surface area is 152 Å². The van der Waals surface area contributed by atoms with Crippen LogP contribution >= 0.6 is 11.3 Å². The van der Waals surface area contributed by atoms with E-state index in [-0.39, 0.29) is 6.04 Å². The third-order valence-corrected chi connectivity index (χ3v) is 5.78. The molecule has 0 radical (unpaired) electrons. The first kappa shape index (κ1) is 16.5. The fourth-order valence-electron chi connectivity index (χ4n) is 3.60. The molecule has 0 spiro atoms. The van der Waals surface area contributed by atoms with Crippen LogP contribution in [0.3, 0.4) is 0 Å². The van der Waals surface area contributed by atoms with Crippen molar-refractivity contribution in [2.75, 3.05) is 13.7 Å². The van der Waals surface area contributed by atoms with Gasteiger partial charge >= 0.3 is 0 Å². The Kier molecular flexibility index (Phi) is 4.66. The summed E-state index contributed by atoms with van der Waals surface area (Å²) in [5.41, 5.74) is 3.74. The molecule has 0 bridgehead atoms. The van der Waals surface area contributed by atoms with Crippen LogP contribution in [0, 0.1) is 6.92 Å². The normalized spacial score (nSPS) is 23.4. The number of thiazole rings is 1. The summed E-state index contributed by atoms with van der Waals surface area (Å²) in [7, 11) is 1.78. The van der Waals surface area contributed by atoms with Gasteiger partial charge in [-0.25, -0.2) is 4.98 Å². The predicted octanol–water partition coefficient (Wildman–Crippen LogP) is 4.94. The number of hydrogen-bond donors (Lipinski definition) is 0. The van der Waals surface area contributed by atoms with Gasteiger partial charge < -0.3 is 4.74 Å². The summed E-state index contributed by atoms with van der Waals surface area (Å²) < 4.78 is 5.57. The molecule has 25 heavy (non-hydrogen) atoms. The summed E-state index contributed by atoms with van der Waals surface area (Å²) in [5, 5.41) is 3.34. The number of rotatable bonds is 6. The van der Waals surface area contributed by atoms with E-state index in [0.29, 0.717) is 18.7 Å². The molecule has 3 nitrogen and oxygen atoms in total. The summed E-state index contributed by atoms with van der Waals surface area (Å²) in [6.45, 7) is 2.74. The average molecular weight is 350 g/mol. The van der Waals surface area contributed by atoms with Crippen molar-refractivity contribution in [3.8, 4) is 0 Å². The highest BCUT2D eigenvalue weighted by molar-refractivity contribution is 7.09. The third kappa shape index (κ3) is 3.25. The van der Waals surface area contributed by atoms with Gasteiger partial charge in [0.15, 0.2) is 0 Å². The predicted molar refractivity (Wildman–Crippen MR) is 102 cm³/mol. The van der Waals surface area contributed by atoms with Crippen molar-refractivity contribution < 1.29 is 4.74 Å². The van der Waals surface area contributed by atoms with Crippen molar-refractivity contribution in [2.24, 2.45) is 0 Å². The van der Waals surface area contributed by atoms with Crippen LogP contribution in [0.4, 0.5) is 0 Å². The van der Waals surface area contributed by atoms with Gasteiger partial charge in [0.05, 0.1) is 24.7 Å². The Bertz CT molecular complexity index is 818. The number of methoxy groups -OCH3 is 1. The molecule has 0 aliphatic carbocycles. The van der Waals surface area contributed by atoms with Crippen molar-refractivity contribution in [3.05, 3.63) is 87.9 Å². The van der Waals surface area contributed by atoms with E-state index in [1.165, 1.54) is 16.1 Å². The van der Waals surface area contributed by atoms with Gasteiger partial charge in [-0.1, -0.05) is 60.7 Å². The Morgan fingerprint density at radius 3 is 2.32 bits per heavy atom. The van der Waals surface area contributed by atoms with Crippen LogP contribution in [-0.4, -0.2) is 23.6 Å². The van der Waals surface area contributed by atoms with Gasteiger partial charge in [-0.15, -0.1) is 11.3 Å². The van der Waals surface area contributed by atoms with Crippen molar-refractivity contribution in [2.45, 2.75) is 25.0 Å². The molecule has 4 rings (SSSR count). The van der Waals surface area contributed by atoms with Crippen LogP contribution in [0.25, 0.3) is 0 Å². The van der Waals surface area contributed by atoms with Crippen LogP contribution in [-0.2, 0) is 4.74 Å². The van der Waals surface area contributed by atoms with Gasteiger partial charge in [0.2, 0.25) is 0 Å². The van der Waals surface area contributed by atoms with Crippen molar-refractivity contribution in [3.63, 3.8) is 0 Å². The van der Waals surface area contributed by atoms with Gasteiger partial charge in [-0.05, 0) is 18.1 Å². The highest BCUT2D eigenvalue weighted by Gasteiger charge is 2.54. The Morgan fingerprint density at radius 2 is 1.72 bits per heavy atom. The van der Waals surface area contributed by atoms with E-state index in [4.69, 9.17) is 9.72 Å². The quantitative estimate of drug-likeness (QED) is 0.589. The molecule has 2 heterocycles. The van der Waals surface area contributed by atoms with Gasteiger partial charge in [-0.2, -0.15) is 0 Å². The van der Waals surface area contributed by atoms with E-state index in [1.54, 1.807) is 18.4 Å². The maximum atomic E-state index is 5.57. The van der Waals surface area contributed by atoms with Crippen molar-refractivity contribution in [1.82, 2.24) is 9.88 Å². The summed E-state index contributed by atoms with van der Waals surface area (Å²) in [4.78, 5) is 7.31. The third-order valence-electron chi connectivity index (χ3n) is 4.75. The zero-order chi connectivity index (χ0) is 17.2. The van der Waals surface area contributed by atoms with Crippen molar-refractivity contribution in [1.29, 1.82) is 0 Å². The zero-order valence-electron chi connectivity index (χ0n) is 14.5. The second kappa shape index (κ2) is 7.08. The molecular formula is C21H22N2OS. The first-order chi connectivity index (χ1) is 12.3. The van der Waals surface area contributed by atoms with Crippen LogP contribution < -0.4 is 0 Å². The first-order valence-electron chi connectivity index (χ1n) is 8.58. The number of ether oxygens (including phenoxy) is 1. The van der Waals surface area contributed by atoms with Gasteiger partial charge in [0.25, 0.3) is 0 Å². The van der Waals surface area contributed by atoms with E-state index in [9.17, 15) is 0 Å². The highest BCUT2D eigenvalue weighted by atomic mass is 32.1. The molecule has 1 aliphatic heterocycles. The fourth-order valence-corrected chi connectivity index (χ4v) is 4.53. The lowest BCUT2D eigenvalue weighted by atomic mass is 10.1. The Hall–Kier alpha value is -2.01. The molecular weight excluding hydrogens is 328 g/mol. The summed E-state index contributed by atoms with van der Waals surface area (Å²) in [5.74, 6) is 0. The lowest BCUT2D eigenvalue weighted by Gasteiger charge is -2.19. The largest absolute Gasteiger partial charge is 0.383 e. The molecule has 4 heteroatoms. The maximum Gasteiger partial charge on any atom is 0.112 e. The molecule has 3 aromatic rings. The summed E-state index contributed by atoms with van der Waals surface area (Å²) in [6, 6.07) is 22.3. The first-order valence-corrected chi connectivity index (χ1v) is 9.46. The molecule has 2 aromatic carbocycles. The second-order valence-electron chi connectivity index (χ2n) is 6.46. The summed E-state index contributed by atoms with van der Waals surface area (Å²) >= 11 is 1.76. The molecule has 128 valence electrons. The van der Waals surface area contributed by atoms with Crippen LogP contribution in [0.5, 0.6) is 0 Å². The van der Waals surface area contributed by atoms with Crippen molar-refractivity contribution >= 4 is 11.3 Å². The molecule has 1 saturated heterocycles. The minimum atomic E-state index is 0.227. The minimum Gasteiger partial charge on any atom is -0.383 e. The topological polar surface area (TPSA) is 25.1 Å². The van der Waals surface area contributed by atoms with Crippen LogP contribution in [0.15, 0.2) is 66.0 Å². The number of aromatic nitrogens is 1. The molecule has 1 aromatic heterocycles. The molecule has 0 N–H and O–H groups in total. The fraction of sp³-hybridized carbons (Fsp3) is 0.286. The van der Waals surface area contributed by atoms with E-state index in [2.05, 4.69) is 77.9 Å². The standard InChI is InChI=1S/C21H22N2OS/c1-15-14-25-21(22-15)20-19(17-11-7-4-8-12-17)23(20)18(13-24-2)16-9-5-3-6-10-16/h3-12,14,18-20H,13H2,1-2H3/t18-,19+,20+,23?/m1/s1. The van der Waals surface area contributed by atoms with Gasteiger partial charge in [0, 0.05) is 18.2 Å². The molecule has 1 aliphatic rings. The van der Waals surface area contributed by atoms with E-state index < -0.39 is 0 Å². The van der Waals surface area contributed by atoms with E-state index in [0.717, 1.165) is 5.69 Å². The van der Waals surface area contributed by atoms with Gasteiger partial charge in [-0.3, -0.25) is 4.90 Å². The van der Waals surface area contributed by atoms with Crippen LogP contribution in [0.1, 0.15) is 40.0 Å². The molecule has 1 fully saturated rings. The van der Waals surface area contributed by atoms with Crippen LogP contribution in [0.2, 0.25) is 0 Å². The Morgan fingerprint density at radius 1 is 1.04 bits per heavy atom. The van der Waals surface area contributed by atoms with Gasteiger partial charge in [0.1, 0.15) is 5.01 Å². The molecule has 4 atom stereocenters. The molecule has 0 saturated carbocycles.